The molecule has 0 radical (unpaired) electrons. The van der Waals surface area contributed by atoms with Crippen molar-refractivity contribution in [3.63, 3.8) is 0 Å². The Morgan fingerprint density at radius 3 is 1.81 bits per heavy atom. The highest BCUT2D eigenvalue weighted by Gasteiger charge is 2.22. The van der Waals surface area contributed by atoms with Crippen LogP contribution in [0.5, 0.6) is 0 Å². The summed E-state index contributed by atoms with van der Waals surface area (Å²) >= 11 is 0. The number of para-hydroxylation sites is 1. The van der Waals surface area contributed by atoms with Crippen molar-refractivity contribution in [3.05, 3.63) is 116 Å². The second-order valence-corrected chi connectivity index (χ2v) is 6.57. The summed E-state index contributed by atoms with van der Waals surface area (Å²) in [6, 6.07) is 33.9. The summed E-state index contributed by atoms with van der Waals surface area (Å²) in [6.07, 6.45) is 6.39. The Bertz CT molecular complexity index is 1190. The van der Waals surface area contributed by atoms with Crippen LogP contribution in [0.1, 0.15) is 0 Å². The van der Waals surface area contributed by atoms with Crippen LogP contribution in [0.2, 0.25) is 0 Å². The first-order valence-electron chi connectivity index (χ1n) is 9.13. The summed E-state index contributed by atoms with van der Waals surface area (Å²) in [5.74, 6) is 0. The molecule has 0 spiro atoms. The van der Waals surface area contributed by atoms with Gasteiger partial charge in [0.05, 0.1) is 11.8 Å². The van der Waals surface area contributed by atoms with Crippen LogP contribution in [0.15, 0.2) is 116 Å². The average Bonchev–Trinajstić information content (AvgIpc) is 3.19. The largest absolute Gasteiger partial charge is 0.300 e. The first-order valence-corrected chi connectivity index (χ1v) is 9.13. The summed E-state index contributed by atoms with van der Waals surface area (Å²) in [4.78, 5) is 0. The van der Waals surface area contributed by atoms with E-state index in [1.54, 1.807) is 0 Å². The molecule has 0 unspecified atom stereocenters. The zero-order valence-corrected chi connectivity index (χ0v) is 14.9. The molecule has 0 aliphatic heterocycles. The predicted octanol–water partition coefficient (Wildman–Crippen LogP) is 5.55. The maximum Gasteiger partial charge on any atom is 0.300 e. The normalized spacial score (nSPS) is 11.0. The number of nitrogens with zero attached hydrogens (tertiary/aromatic N) is 2. The Morgan fingerprint density at radius 2 is 1.15 bits per heavy atom. The highest BCUT2D eigenvalue weighted by Crippen LogP contribution is 2.34. The molecule has 0 aliphatic rings. The van der Waals surface area contributed by atoms with Crippen LogP contribution in [-0.4, -0.2) is 4.57 Å². The fourth-order valence-corrected chi connectivity index (χ4v) is 3.68. The van der Waals surface area contributed by atoms with E-state index in [0.717, 1.165) is 11.3 Å². The van der Waals surface area contributed by atoms with Crippen LogP contribution in [0.3, 0.4) is 0 Å². The lowest BCUT2D eigenvalue weighted by Crippen LogP contribution is -2.20. The molecule has 0 bridgehead atoms. The van der Waals surface area contributed by atoms with Crippen molar-refractivity contribution >= 4 is 5.65 Å². The second-order valence-electron chi connectivity index (χ2n) is 6.57. The van der Waals surface area contributed by atoms with Gasteiger partial charge >= 0.3 is 0 Å². The number of pyridine rings is 1. The molecular weight excluding hydrogens is 328 g/mol. The van der Waals surface area contributed by atoms with Crippen molar-refractivity contribution in [3.8, 4) is 27.9 Å². The zero-order chi connectivity index (χ0) is 18.1. The van der Waals surface area contributed by atoms with Crippen LogP contribution in [-0.2, 0) is 0 Å². The monoisotopic (exact) mass is 347 g/mol. The van der Waals surface area contributed by atoms with Gasteiger partial charge in [0, 0.05) is 5.56 Å². The van der Waals surface area contributed by atoms with Gasteiger partial charge in [0.25, 0.3) is 5.65 Å². The Balaban J connectivity index is 1.89. The van der Waals surface area contributed by atoms with Crippen LogP contribution in [0.4, 0.5) is 0 Å². The fourth-order valence-electron chi connectivity index (χ4n) is 3.68. The highest BCUT2D eigenvalue weighted by molar-refractivity contribution is 5.90. The minimum Gasteiger partial charge on any atom is -0.202 e. The lowest BCUT2D eigenvalue weighted by Gasteiger charge is -2.10. The molecular formula is C25H19N2+. The van der Waals surface area contributed by atoms with E-state index >= 15 is 0 Å². The number of aromatic nitrogens is 2. The van der Waals surface area contributed by atoms with E-state index < -0.39 is 0 Å². The van der Waals surface area contributed by atoms with E-state index in [1.807, 2.05) is 0 Å². The minimum atomic E-state index is 1.15. The Kier molecular flexibility index (Phi) is 3.80. The van der Waals surface area contributed by atoms with Crippen LogP contribution >= 0.6 is 0 Å². The van der Waals surface area contributed by atoms with E-state index in [-0.39, 0.29) is 0 Å². The first-order chi connectivity index (χ1) is 13.4. The van der Waals surface area contributed by atoms with Gasteiger partial charge in [-0.05, 0) is 29.3 Å². The number of fused-ring (bicyclic) bond motifs is 1. The highest BCUT2D eigenvalue weighted by atomic mass is 15.1. The Labute approximate surface area is 158 Å². The molecule has 3 aromatic carbocycles. The van der Waals surface area contributed by atoms with Crippen LogP contribution in [0, 0.1) is 0 Å². The predicted molar refractivity (Wildman–Crippen MR) is 110 cm³/mol. The molecule has 2 nitrogen and oxygen atoms in total. The van der Waals surface area contributed by atoms with Gasteiger partial charge in [0.2, 0.25) is 0 Å². The molecule has 0 fully saturated rings. The Morgan fingerprint density at radius 1 is 0.556 bits per heavy atom. The molecule has 2 aromatic heterocycles. The first kappa shape index (κ1) is 15.6. The molecule has 2 heterocycles. The lowest BCUT2D eigenvalue weighted by molar-refractivity contribution is -0.509. The van der Waals surface area contributed by atoms with E-state index in [4.69, 9.17) is 0 Å². The van der Waals surface area contributed by atoms with Crippen molar-refractivity contribution in [2.75, 3.05) is 0 Å². The molecule has 0 saturated carbocycles. The zero-order valence-electron chi connectivity index (χ0n) is 14.9. The van der Waals surface area contributed by atoms with Gasteiger partial charge in [-0.2, -0.15) is 4.57 Å². The summed E-state index contributed by atoms with van der Waals surface area (Å²) in [5, 5.41) is 0. The fraction of sp³-hybridized carbons (Fsp3) is 0. The van der Waals surface area contributed by atoms with Crippen LogP contribution in [0.25, 0.3) is 33.6 Å². The molecule has 0 N–H and O–H groups in total. The quantitative estimate of drug-likeness (QED) is 0.378. The summed E-state index contributed by atoms with van der Waals surface area (Å²) < 4.78 is 4.45. The molecule has 0 atom stereocenters. The third-order valence-corrected chi connectivity index (χ3v) is 4.93. The maximum atomic E-state index is 2.26. The number of rotatable bonds is 3. The minimum absolute atomic E-state index is 1.15. The molecule has 0 saturated heterocycles. The summed E-state index contributed by atoms with van der Waals surface area (Å²) in [7, 11) is 0. The average molecular weight is 347 g/mol. The molecule has 27 heavy (non-hydrogen) atoms. The lowest BCUT2D eigenvalue weighted by atomic mass is 9.96. The van der Waals surface area contributed by atoms with Crippen molar-refractivity contribution in [1.82, 2.24) is 4.57 Å². The maximum absolute atomic E-state index is 2.26. The topological polar surface area (TPSA) is 9.03 Å². The van der Waals surface area contributed by atoms with Gasteiger partial charge in [-0.15, -0.1) is 0 Å². The van der Waals surface area contributed by atoms with Crippen molar-refractivity contribution in [2.45, 2.75) is 0 Å². The van der Waals surface area contributed by atoms with Crippen LogP contribution < -0.4 is 4.40 Å². The van der Waals surface area contributed by atoms with E-state index in [0.29, 0.717) is 0 Å². The van der Waals surface area contributed by atoms with E-state index in [2.05, 4.69) is 125 Å². The summed E-state index contributed by atoms with van der Waals surface area (Å²) in [5.41, 5.74) is 7.22. The van der Waals surface area contributed by atoms with Gasteiger partial charge in [-0.3, -0.25) is 0 Å². The number of hydrogen-bond donors (Lipinski definition) is 0. The van der Waals surface area contributed by atoms with E-state index in [9.17, 15) is 0 Å². The van der Waals surface area contributed by atoms with Crippen molar-refractivity contribution < 1.29 is 4.40 Å². The molecule has 0 amide bonds. The number of imidazole rings is 1. The number of hydrogen-bond acceptors (Lipinski definition) is 0. The molecule has 0 aliphatic carbocycles. The van der Waals surface area contributed by atoms with Gasteiger partial charge in [0.1, 0.15) is 18.1 Å². The van der Waals surface area contributed by atoms with Gasteiger partial charge in [-0.1, -0.05) is 78.9 Å². The van der Waals surface area contributed by atoms with Gasteiger partial charge in [-0.25, -0.2) is 4.40 Å². The van der Waals surface area contributed by atoms with E-state index in [1.165, 1.54) is 22.3 Å². The molecule has 5 aromatic rings. The molecule has 5 rings (SSSR count). The SMILES string of the molecule is c1ccc(-c2cc[n+]3ccn(-c4ccccc4)c3c2-c2ccccc2)cc1. The molecule has 2 heteroatoms. The van der Waals surface area contributed by atoms with Gasteiger partial charge in [0.15, 0.2) is 0 Å². The van der Waals surface area contributed by atoms with Crippen molar-refractivity contribution in [1.29, 1.82) is 0 Å². The van der Waals surface area contributed by atoms with Crippen molar-refractivity contribution in [2.24, 2.45) is 0 Å². The third-order valence-electron chi connectivity index (χ3n) is 4.93. The van der Waals surface area contributed by atoms with Gasteiger partial charge < -0.3 is 0 Å². The number of benzene rings is 3. The summed E-state index contributed by atoms with van der Waals surface area (Å²) in [6.45, 7) is 0. The Hall–Kier alpha value is -3.65. The third kappa shape index (κ3) is 2.72. The smallest absolute Gasteiger partial charge is 0.202 e. The second kappa shape index (κ2) is 6.58. The molecule has 128 valence electrons. The standard InChI is InChI=1S/C25H19N2/c1-4-10-20(11-5-1)23-16-17-26-18-19-27(22-14-8-3-9-15-22)25(26)24(23)21-12-6-2-7-13-21/h1-19H/q+1.